The monoisotopic (exact) mass is 465 g/mol. The molecule has 0 radical (unpaired) electrons. The van der Waals surface area contributed by atoms with Gasteiger partial charge in [-0.3, -0.25) is 9.79 Å². The number of hydrogen-bond acceptors (Lipinski definition) is 3. The highest BCUT2D eigenvalue weighted by molar-refractivity contribution is 8.14. The Labute approximate surface area is 191 Å². The van der Waals surface area contributed by atoms with Crippen molar-refractivity contribution in [1.29, 1.82) is 0 Å². The fourth-order valence-electron chi connectivity index (χ4n) is 6.73. The number of anilines is 1. The molecule has 1 aliphatic heterocycles. The molecule has 0 aromatic heterocycles. The summed E-state index contributed by atoms with van der Waals surface area (Å²) >= 11 is 1.76. The third-order valence-corrected chi connectivity index (χ3v) is 8.82. The molecular weight excluding hydrogens is 435 g/mol. The molecule has 6 rings (SSSR count). The summed E-state index contributed by atoms with van der Waals surface area (Å²) in [6.07, 6.45) is 3.77. The number of hydrogen-bond donors (Lipinski definition) is 1. The molecular formula is C24H30F3N3OS. The van der Waals surface area contributed by atoms with Gasteiger partial charge in [0, 0.05) is 30.4 Å². The first-order valence-corrected chi connectivity index (χ1v) is 12.7. The van der Waals surface area contributed by atoms with Crippen molar-refractivity contribution in [2.45, 2.75) is 69.6 Å². The quantitative estimate of drug-likeness (QED) is 0.598. The van der Waals surface area contributed by atoms with Gasteiger partial charge >= 0.3 is 6.18 Å². The lowest BCUT2D eigenvalue weighted by molar-refractivity contribution is -0.137. The van der Waals surface area contributed by atoms with Gasteiger partial charge in [-0.25, -0.2) is 0 Å². The molecule has 4 saturated carbocycles. The molecule has 1 heterocycles. The van der Waals surface area contributed by atoms with Crippen LogP contribution in [0.3, 0.4) is 0 Å². The van der Waals surface area contributed by atoms with Gasteiger partial charge in [-0.15, -0.1) is 0 Å². The van der Waals surface area contributed by atoms with Gasteiger partial charge in [-0.2, -0.15) is 13.2 Å². The van der Waals surface area contributed by atoms with Crippen LogP contribution in [-0.4, -0.2) is 39.9 Å². The number of rotatable bonds is 5. The molecule has 1 atom stereocenters. The van der Waals surface area contributed by atoms with Crippen LogP contribution in [0.15, 0.2) is 29.3 Å². The van der Waals surface area contributed by atoms with E-state index in [9.17, 15) is 18.0 Å². The highest BCUT2D eigenvalue weighted by Crippen LogP contribution is 2.57. The van der Waals surface area contributed by atoms with Gasteiger partial charge in [0.25, 0.3) is 0 Å². The normalized spacial score (nSPS) is 35.0. The maximum atomic E-state index is 12.7. The first kappa shape index (κ1) is 22.1. The van der Waals surface area contributed by atoms with E-state index in [2.05, 4.69) is 17.1 Å². The molecule has 4 aliphatic carbocycles. The fraction of sp³-hybridized carbons (Fsp3) is 0.667. The summed E-state index contributed by atoms with van der Waals surface area (Å²) < 4.78 is 38.2. The number of aliphatic imine (C=N–C) groups is 1. The zero-order valence-electron chi connectivity index (χ0n) is 18.3. The van der Waals surface area contributed by atoms with Gasteiger partial charge in [0.05, 0.1) is 11.1 Å². The molecule has 4 nitrogen and oxygen atoms in total. The predicted molar refractivity (Wildman–Crippen MR) is 122 cm³/mol. The Morgan fingerprint density at radius 1 is 1.12 bits per heavy atom. The topological polar surface area (TPSA) is 44.7 Å². The number of nitrogens with one attached hydrogen (secondary N) is 1. The van der Waals surface area contributed by atoms with Crippen LogP contribution in [0.2, 0.25) is 0 Å². The summed E-state index contributed by atoms with van der Waals surface area (Å²) in [5.41, 5.74) is -0.216. The number of amides is 1. The Balaban J connectivity index is 1.23. The van der Waals surface area contributed by atoms with Gasteiger partial charge in [0.15, 0.2) is 5.17 Å². The van der Waals surface area contributed by atoms with Crippen LogP contribution < -0.4 is 5.32 Å². The van der Waals surface area contributed by atoms with E-state index in [-0.39, 0.29) is 17.5 Å². The van der Waals surface area contributed by atoms with Crippen molar-refractivity contribution in [2.24, 2.45) is 22.7 Å². The Morgan fingerprint density at radius 2 is 1.72 bits per heavy atom. The summed E-state index contributed by atoms with van der Waals surface area (Å²) in [5, 5.41) is 3.84. The summed E-state index contributed by atoms with van der Waals surface area (Å²) in [6.45, 7) is 2.90. The molecule has 4 bridgehead atoms. The molecule has 1 aromatic rings. The minimum atomic E-state index is -4.38. The van der Waals surface area contributed by atoms with Crippen molar-refractivity contribution in [2.75, 3.05) is 17.6 Å². The number of carbonyl (C=O) groups excluding carboxylic acids is 1. The Kier molecular flexibility index (Phi) is 5.71. The SMILES string of the molecule is CCN1C(=NC23CC4CC(CC(C4)C2)C3)SCC1CC(=O)Nc1ccc(C(F)(F)F)cc1. The van der Waals surface area contributed by atoms with Crippen LogP contribution >= 0.6 is 11.8 Å². The van der Waals surface area contributed by atoms with Gasteiger partial charge in [0.2, 0.25) is 5.91 Å². The predicted octanol–water partition coefficient (Wildman–Crippen LogP) is 5.80. The van der Waals surface area contributed by atoms with E-state index < -0.39 is 11.7 Å². The summed E-state index contributed by atoms with van der Waals surface area (Å²) in [5.74, 6) is 3.18. The first-order valence-electron chi connectivity index (χ1n) is 11.7. The van der Waals surface area contributed by atoms with Crippen molar-refractivity contribution in [1.82, 2.24) is 4.90 Å². The first-order chi connectivity index (χ1) is 15.2. The largest absolute Gasteiger partial charge is 0.416 e. The molecule has 5 fully saturated rings. The second kappa shape index (κ2) is 8.26. The zero-order valence-corrected chi connectivity index (χ0v) is 19.1. The number of nitrogens with zero attached hydrogens (tertiary/aromatic N) is 2. The van der Waals surface area contributed by atoms with Crippen LogP contribution in [0.4, 0.5) is 18.9 Å². The number of amidine groups is 1. The highest BCUT2D eigenvalue weighted by Gasteiger charge is 2.51. The van der Waals surface area contributed by atoms with Gasteiger partial charge < -0.3 is 10.2 Å². The molecule has 1 unspecified atom stereocenters. The maximum absolute atomic E-state index is 12.7. The third kappa shape index (κ3) is 4.39. The van der Waals surface area contributed by atoms with E-state index >= 15 is 0 Å². The van der Waals surface area contributed by atoms with Crippen molar-refractivity contribution in [3.63, 3.8) is 0 Å². The van der Waals surface area contributed by atoms with E-state index in [4.69, 9.17) is 4.99 Å². The lowest BCUT2D eigenvalue weighted by atomic mass is 9.53. The Bertz CT molecular complexity index is 863. The van der Waals surface area contributed by atoms with E-state index in [1.54, 1.807) is 11.8 Å². The number of thioether (sulfide) groups is 1. The van der Waals surface area contributed by atoms with Gasteiger partial charge in [-0.1, -0.05) is 11.8 Å². The average molecular weight is 466 g/mol. The van der Waals surface area contributed by atoms with E-state index in [0.717, 1.165) is 47.4 Å². The van der Waals surface area contributed by atoms with Crippen LogP contribution in [-0.2, 0) is 11.0 Å². The lowest BCUT2D eigenvalue weighted by Gasteiger charge is -2.55. The minimum absolute atomic E-state index is 0.0621. The Hall–Kier alpha value is -1.70. The molecule has 8 heteroatoms. The lowest BCUT2D eigenvalue weighted by Crippen LogP contribution is -2.50. The number of carbonyl (C=O) groups is 1. The molecule has 5 aliphatic rings. The fourth-order valence-corrected chi connectivity index (χ4v) is 8.07. The summed E-state index contributed by atoms with van der Waals surface area (Å²) in [6, 6.07) is 4.67. The zero-order chi connectivity index (χ0) is 22.5. The highest BCUT2D eigenvalue weighted by atomic mass is 32.2. The van der Waals surface area contributed by atoms with Crippen molar-refractivity contribution in [3.05, 3.63) is 29.8 Å². The van der Waals surface area contributed by atoms with Crippen LogP contribution in [0.5, 0.6) is 0 Å². The molecule has 1 aromatic carbocycles. The number of halogens is 3. The Morgan fingerprint density at radius 3 is 2.25 bits per heavy atom. The van der Waals surface area contributed by atoms with Gasteiger partial charge in [0.1, 0.15) is 0 Å². The maximum Gasteiger partial charge on any atom is 0.416 e. The number of alkyl halides is 3. The summed E-state index contributed by atoms with van der Waals surface area (Å²) in [7, 11) is 0. The van der Waals surface area contributed by atoms with Crippen molar-refractivity contribution >= 4 is 28.5 Å². The van der Waals surface area contributed by atoms with E-state index in [1.807, 2.05) is 0 Å². The van der Waals surface area contributed by atoms with E-state index in [0.29, 0.717) is 12.1 Å². The minimum Gasteiger partial charge on any atom is -0.347 e. The molecule has 1 N–H and O–H groups in total. The molecule has 174 valence electrons. The molecule has 32 heavy (non-hydrogen) atoms. The standard InChI is InChI=1S/C24H30F3N3OS/c1-2-30-20(10-21(31)28-19-5-3-18(4-6-19)24(25,26)27)14-32-22(30)29-23-11-15-7-16(12-23)9-17(8-15)13-23/h3-6,15-17,20H,2,7-14H2,1H3,(H,28,31). The van der Waals surface area contributed by atoms with Crippen LogP contribution in [0.25, 0.3) is 0 Å². The second-order valence-electron chi connectivity index (χ2n) is 10.1. The van der Waals surface area contributed by atoms with E-state index in [1.165, 1.54) is 50.7 Å². The average Bonchev–Trinajstić information content (AvgIpc) is 3.06. The number of benzene rings is 1. The molecule has 1 saturated heterocycles. The van der Waals surface area contributed by atoms with Crippen LogP contribution in [0.1, 0.15) is 57.4 Å². The molecule has 0 spiro atoms. The third-order valence-electron chi connectivity index (χ3n) is 7.69. The van der Waals surface area contributed by atoms with Crippen molar-refractivity contribution < 1.29 is 18.0 Å². The van der Waals surface area contributed by atoms with Gasteiger partial charge in [-0.05, 0) is 87.5 Å². The smallest absolute Gasteiger partial charge is 0.347 e. The molecule has 1 amide bonds. The second-order valence-corrected chi connectivity index (χ2v) is 11.1. The van der Waals surface area contributed by atoms with Crippen LogP contribution in [0, 0.1) is 17.8 Å². The van der Waals surface area contributed by atoms with Crippen molar-refractivity contribution in [3.8, 4) is 0 Å². The summed E-state index contributed by atoms with van der Waals surface area (Å²) in [4.78, 5) is 20.2.